The smallest absolute Gasteiger partial charge is 0.268 e. The van der Waals surface area contributed by atoms with Gasteiger partial charge in [-0.2, -0.15) is 5.01 Å². The van der Waals surface area contributed by atoms with E-state index in [2.05, 4.69) is 12.1 Å². The van der Waals surface area contributed by atoms with Crippen molar-refractivity contribution in [2.45, 2.75) is 37.9 Å². The molecule has 2 heterocycles. The summed E-state index contributed by atoms with van der Waals surface area (Å²) in [5.41, 5.74) is 5.68. The normalized spacial score (nSPS) is 16.9. The molecule has 2 aliphatic heterocycles. The van der Waals surface area contributed by atoms with E-state index in [0.717, 1.165) is 22.3 Å². The van der Waals surface area contributed by atoms with E-state index in [1.165, 1.54) is 4.31 Å². The number of carbonyl (C=O) groups is 1. The summed E-state index contributed by atoms with van der Waals surface area (Å²) in [6, 6.07) is 27.6. The van der Waals surface area contributed by atoms with Crippen molar-refractivity contribution >= 4 is 21.6 Å². The Balaban J connectivity index is 1.63. The summed E-state index contributed by atoms with van der Waals surface area (Å²) < 4.78 is 36.3. The van der Waals surface area contributed by atoms with Crippen LogP contribution in [0.4, 0.5) is 5.69 Å². The summed E-state index contributed by atoms with van der Waals surface area (Å²) in [6.07, 6.45) is -0.0831. The number of anilines is 1. The molecule has 6 rings (SSSR count). The van der Waals surface area contributed by atoms with Crippen molar-refractivity contribution in [1.82, 2.24) is 10.0 Å². The van der Waals surface area contributed by atoms with E-state index >= 15 is 0 Å². The largest absolute Gasteiger partial charge is 0.497 e. The van der Waals surface area contributed by atoms with Gasteiger partial charge in [0, 0.05) is 17.7 Å². The summed E-state index contributed by atoms with van der Waals surface area (Å²) in [5, 5.41) is 3.63. The lowest BCUT2D eigenvalue weighted by molar-refractivity contribution is -0.0435. The average Bonchev–Trinajstić information content (AvgIpc) is 3.12. The summed E-state index contributed by atoms with van der Waals surface area (Å²) in [7, 11) is -2.48. The minimum absolute atomic E-state index is 0.190. The third kappa shape index (κ3) is 4.43. The lowest BCUT2D eigenvalue weighted by atomic mass is 9.95. The Morgan fingerprint density at radius 3 is 2.30 bits per heavy atom. The van der Waals surface area contributed by atoms with Crippen molar-refractivity contribution in [2.75, 3.05) is 18.0 Å². The summed E-state index contributed by atoms with van der Waals surface area (Å²) in [4.78, 5) is 14.3. The quantitative estimate of drug-likeness (QED) is 0.327. The van der Waals surface area contributed by atoms with Crippen molar-refractivity contribution in [3.8, 4) is 5.75 Å². The monoisotopic (exact) mass is 553 g/mol. The van der Waals surface area contributed by atoms with Crippen molar-refractivity contribution < 1.29 is 17.9 Å². The van der Waals surface area contributed by atoms with Gasteiger partial charge in [0.25, 0.3) is 15.9 Å². The number of sulfonamides is 1. The van der Waals surface area contributed by atoms with Crippen LogP contribution in [-0.2, 0) is 23.0 Å². The number of hydrogen-bond acceptors (Lipinski definition) is 5. The number of carbonyl (C=O) groups excluding carboxylic acids is 1. The highest BCUT2D eigenvalue weighted by Gasteiger charge is 2.46. The molecule has 0 fully saturated rings. The van der Waals surface area contributed by atoms with Crippen LogP contribution in [0.1, 0.15) is 44.3 Å². The fourth-order valence-electron chi connectivity index (χ4n) is 5.62. The molecule has 0 N–H and O–H groups in total. The lowest BCUT2D eigenvalue weighted by Gasteiger charge is -2.45. The first-order valence-corrected chi connectivity index (χ1v) is 14.7. The van der Waals surface area contributed by atoms with Crippen LogP contribution < -0.4 is 9.04 Å². The first kappa shape index (κ1) is 26.1. The molecule has 0 aliphatic carbocycles. The van der Waals surface area contributed by atoms with Crippen LogP contribution in [0.2, 0.25) is 0 Å². The highest BCUT2D eigenvalue weighted by molar-refractivity contribution is 7.92. The molecule has 4 aromatic rings. The van der Waals surface area contributed by atoms with E-state index in [1.54, 1.807) is 48.5 Å². The van der Waals surface area contributed by atoms with E-state index in [1.807, 2.05) is 61.3 Å². The number of ether oxygens (including phenoxy) is 1. The zero-order valence-electron chi connectivity index (χ0n) is 22.7. The van der Waals surface area contributed by atoms with E-state index in [-0.39, 0.29) is 17.3 Å². The summed E-state index contributed by atoms with van der Waals surface area (Å²) in [5.74, 6) is 0.403. The molecule has 7 nitrogen and oxygen atoms in total. The molecule has 2 aliphatic rings. The predicted molar refractivity (Wildman–Crippen MR) is 154 cm³/mol. The van der Waals surface area contributed by atoms with Gasteiger partial charge in [0.15, 0.2) is 0 Å². The second kappa shape index (κ2) is 10.1. The van der Waals surface area contributed by atoms with Crippen LogP contribution in [0.25, 0.3) is 0 Å². The molecule has 204 valence electrons. The minimum atomic E-state index is -4.06. The topological polar surface area (TPSA) is 70.2 Å². The highest BCUT2D eigenvalue weighted by Crippen LogP contribution is 2.45. The summed E-state index contributed by atoms with van der Waals surface area (Å²) in [6.45, 7) is 4.60. The van der Waals surface area contributed by atoms with Gasteiger partial charge in [-0.1, -0.05) is 59.7 Å². The number of fused-ring (bicyclic) bond motifs is 4. The Labute approximate surface area is 235 Å². The van der Waals surface area contributed by atoms with Gasteiger partial charge in [-0.25, -0.2) is 12.7 Å². The van der Waals surface area contributed by atoms with Crippen LogP contribution in [0.15, 0.2) is 95.9 Å². The van der Waals surface area contributed by atoms with E-state index in [9.17, 15) is 13.2 Å². The van der Waals surface area contributed by atoms with Crippen LogP contribution in [0, 0.1) is 13.8 Å². The maximum absolute atomic E-state index is 14.6. The van der Waals surface area contributed by atoms with Gasteiger partial charge < -0.3 is 4.74 Å². The van der Waals surface area contributed by atoms with Gasteiger partial charge >= 0.3 is 0 Å². The van der Waals surface area contributed by atoms with Crippen LogP contribution >= 0.6 is 0 Å². The molecule has 1 atom stereocenters. The van der Waals surface area contributed by atoms with Crippen molar-refractivity contribution in [2.24, 2.45) is 0 Å². The van der Waals surface area contributed by atoms with Gasteiger partial charge in [0.05, 0.1) is 24.2 Å². The molecule has 0 bridgehead atoms. The number of rotatable bonds is 4. The second-order valence-electron chi connectivity index (χ2n) is 10.3. The molecule has 0 saturated carbocycles. The van der Waals surface area contributed by atoms with Crippen molar-refractivity contribution in [3.63, 3.8) is 0 Å². The van der Waals surface area contributed by atoms with Gasteiger partial charge in [-0.05, 0) is 73.9 Å². The summed E-state index contributed by atoms with van der Waals surface area (Å²) >= 11 is 0. The number of amides is 1. The second-order valence-corrected chi connectivity index (χ2v) is 12.1. The van der Waals surface area contributed by atoms with Crippen LogP contribution in [0.3, 0.4) is 0 Å². The highest BCUT2D eigenvalue weighted by atomic mass is 32.2. The maximum atomic E-state index is 14.6. The third-order valence-corrected chi connectivity index (χ3v) is 9.46. The Bertz CT molecular complexity index is 1690. The van der Waals surface area contributed by atoms with E-state index in [4.69, 9.17) is 4.74 Å². The number of hydrogen-bond donors (Lipinski definition) is 0. The lowest BCUT2D eigenvalue weighted by Crippen LogP contribution is -2.54. The average molecular weight is 554 g/mol. The van der Waals surface area contributed by atoms with Gasteiger partial charge in [-0.3, -0.25) is 9.80 Å². The molecule has 0 spiro atoms. The SMILES string of the molecule is COc1ccc2c(c1)CN(C(=O)c1ccccc1)N1CCc3ccc(C)cc3C1N2S(=O)(=O)c1ccc(C)cc1. The number of benzene rings is 4. The van der Waals surface area contributed by atoms with Crippen LogP contribution in [0.5, 0.6) is 5.75 Å². The maximum Gasteiger partial charge on any atom is 0.268 e. The minimum Gasteiger partial charge on any atom is -0.497 e. The Hall–Kier alpha value is -4.14. The van der Waals surface area contributed by atoms with Gasteiger partial charge in [-0.15, -0.1) is 0 Å². The van der Waals surface area contributed by atoms with E-state index in [0.29, 0.717) is 35.5 Å². The number of aryl methyl sites for hydroxylation is 2. The molecule has 8 heteroatoms. The molecule has 0 radical (unpaired) electrons. The fraction of sp³-hybridized carbons (Fsp3) is 0.219. The molecule has 1 amide bonds. The molecule has 4 aromatic carbocycles. The first-order chi connectivity index (χ1) is 19.3. The predicted octanol–water partition coefficient (Wildman–Crippen LogP) is 5.64. The standard InChI is InChI=1S/C32H31N3O4S/c1-22-10-14-28(15-11-22)40(37,38)35-30-16-13-27(39-3)20-26(30)21-34(32(36)25-7-5-4-6-8-25)33-18-17-24-12-9-23(2)19-29(24)31(33)35/h4-16,19-20,31H,17-18,21H2,1-3H3. The van der Waals surface area contributed by atoms with Crippen molar-refractivity contribution in [3.05, 3.63) is 124 Å². The Kier molecular flexibility index (Phi) is 6.60. The van der Waals surface area contributed by atoms with Crippen LogP contribution in [-0.4, -0.2) is 38.0 Å². The number of nitrogens with zero attached hydrogens (tertiary/aromatic N) is 3. The Morgan fingerprint density at radius 2 is 1.57 bits per heavy atom. The zero-order valence-corrected chi connectivity index (χ0v) is 23.6. The third-order valence-electron chi connectivity index (χ3n) is 7.68. The van der Waals surface area contributed by atoms with E-state index < -0.39 is 16.2 Å². The number of hydrazine groups is 1. The first-order valence-electron chi connectivity index (χ1n) is 13.3. The fourth-order valence-corrected chi connectivity index (χ4v) is 7.25. The van der Waals surface area contributed by atoms with Crippen molar-refractivity contribution in [1.29, 1.82) is 0 Å². The van der Waals surface area contributed by atoms with Gasteiger partial charge in [0.2, 0.25) is 0 Å². The van der Waals surface area contributed by atoms with Gasteiger partial charge in [0.1, 0.15) is 11.9 Å². The zero-order chi connectivity index (χ0) is 28.0. The molecule has 40 heavy (non-hydrogen) atoms. The molecular weight excluding hydrogens is 522 g/mol. The molecule has 0 aromatic heterocycles. The Morgan fingerprint density at radius 1 is 0.850 bits per heavy atom. The molecule has 1 unspecified atom stereocenters. The molecule has 0 saturated heterocycles. The molecular formula is C32H31N3O4S. The number of methoxy groups -OCH3 is 1.